The molecular formula is C20H23N5O3. The van der Waals surface area contributed by atoms with Gasteiger partial charge in [-0.3, -0.25) is 23.7 Å². The Hall–Kier alpha value is -2.77. The first-order chi connectivity index (χ1) is 13.6. The molecule has 2 saturated heterocycles. The van der Waals surface area contributed by atoms with Gasteiger partial charge in [0.25, 0.3) is 0 Å². The van der Waals surface area contributed by atoms with Gasteiger partial charge in [-0.25, -0.2) is 0 Å². The van der Waals surface area contributed by atoms with Gasteiger partial charge in [-0.15, -0.1) is 10.2 Å². The summed E-state index contributed by atoms with van der Waals surface area (Å²) in [6.07, 6.45) is 7.05. The van der Waals surface area contributed by atoms with E-state index in [1.165, 1.54) is 4.90 Å². The number of carbonyl (C=O) groups excluding carboxylic acids is 3. The summed E-state index contributed by atoms with van der Waals surface area (Å²) >= 11 is 0. The molecule has 8 heteroatoms. The largest absolute Gasteiger partial charge is 0.331 e. The molecule has 2 aliphatic heterocycles. The van der Waals surface area contributed by atoms with Gasteiger partial charge >= 0.3 is 0 Å². The smallest absolute Gasteiger partial charge is 0.243 e. The predicted molar refractivity (Wildman–Crippen MR) is 98.8 cm³/mol. The first-order valence-electron chi connectivity index (χ1n) is 10.1. The lowest BCUT2D eigenvalue weighted by Crippen LogP contribution is -2.43. The molecule has 0 bridgehead atoms. The van der Waals surface area contributed by atoms with Crippen molar-refractivity contribution in [2.45, 2.75) is 44.6 Å². The zero-order valence-electron chi connectivity index (χ0n) is 15.7. The van der Waals surface area contributed by atoms with Crippen molar-refractivity contribution in [1.82, 2.24) is 24.4 Å². The van der Waals surface area contributed by atoms with E-state index in [1.54, 1.807) is 4.90 Å². The normalized spacial score (nSPS) is 27.6. The topological polar surface area (TPSA) is 87.9 Å². The van der Waals surface area contributed by atoms with Crippen molar-refractivity contribution in [3.05, 3.63) is 30.2 Å². The van der Waals surface area contributed by atoms with E-state index in [4.69, 9.17) is 0 Å². The van der Waals surface area contributed by atoms with Gasteiger partial charge in [0.15, 0.2) is 11.5 Å². The molecule has 0 N–H and O–H groups in total. The highest BCUT2D eigenvalue weighted by molar-refractivity contribution is 6.07. The van der Waals surface area contributed by atoms with Crippen LogP contribution in [0.3, 0.4) is 0 Å². The van der Waals surface area contributed by atoms with Crippen LogP contribution in [0.4, 0.5) is 0 Å². The van der Waals surface area contributed by atoms with Crippen molar-refractivity contribution >= 4 is 23.4 Å². The fourth-order valence-electron chi connectivity index (χ4n) is 5.03. The van der Waals surface area contributed by atoms with E-state index in [1.807, 2.05) is 28.8 Å². The van der Waals surface area contributed by atoms with Gasteiger partial charge in [-0.2, -0.15) is 0 Å². The average Bonchev–Trinajstić information content (AvgIpc) is 3.42. The van der Waals surface area contributed by atoms with E-state index in [0.29, 0.717) is 6.54 Å². The van der Waals surface area contributed by atoms with Gasteiger partial charge in [0.2, 0.25) is 17.7 Å². The van der Waals surface area contributed by atoms with E-state index >= 15 is 0 Å². The third kappa shape index (κ3) is 2.62. The van der Waals surface area contributed by atoms with Crippen LogP contribution in [0.5, 0.6) is 0 Å². The molecule has 3 fully saturated rings. The van der Waals surface area contributed by atoms with Crippen LogP contribution in [0.25, 0.3) is 5.65 Å². The summed E-state index contributed by atoms with van der Waals surface area (Å²) in [7, 11) is 0. The molecule has 0 unspecified atom stereocenters. The lowest BCUT2D eigenvalue weighted by atomic mass is 9.81. The van der Waals surface area contributed by atoms with E-state index in [-0.39, 0.29) is 42.1 Å². The summed E-state index contributed by atoms with van der Waals surface area (Å²) < 4.78 is 1.90. The summed E-state index contributed by atoms with van der Waals surface area (Å²) in [6, 6.07) is 5.50. The second-order valence-corrected chi connectivity index (χ2v) is 7.99. The number of nitrogens with zero attached hydrogens (tertiary/aromatic N) is 5. The Bertz CT molecular complexity index is 930. The quantitative estimate of drug-likeness (QED) is 0.753. The molecule has 2 aromatic heterocycles. The number of fused-ring (bicyclic) bond motifs is 2. The summed E-state index contributed by atoms with van der Waals surface area (Å²) in [5, 5.41) is 8.49. The number of pyridine rings is 1. The monoisotopic (exact) mass is 381 g/mol. The van der Waals surface area contributed by atoms with Crippen LogP contribution in [0.15, 0.2) is 24.4 Å². The number of likely N-dealkylation sites (tertiary alicyclic amines) is 2. The van der Waals surface area contributed by atoms with Crippen LogP contribution in [0.2, 0.25) is 0 Å². The zero-order chi connectivity index (χ0) is 19.3. The molecule has 0 radical (unpaired) electrons. The molecule has 4 heterocycles. The van der Waals surface area contributed by atoms with Gasteiger partial charge in [0.05, 0.1) is 17.9 Å². The van der Waals surface area contributed by atoms with Gasteiger partial charge in [-0.05, 0) is 37.8 Å². The lowest BCUT2D eigenvalue weighted by molar-refractivity contribution is -0.147. The maximum Gasteiger partial charge on any atom is 0.243 e. The van der Waals surface area contributed by atoms with Crippen molar-refractivity contribution in [2.75, 3.05) is 13.1 Å². The van der Waals surface area contributed by atoms with Gasteiger partial charge in [0.1, 0.15) is 6.54 Å². The highest BCUT2D eigenvalue weighted by atomic mass is 16.2. The lowest BCUT2D eigenvalue weighted by Gasteiger charge is -2.25. The van der Waals surface area contributed by atoms with E-state index in [9.17, 15) is 14.4 Å². The van der Waals surface area contributed by atoms with Crippen LogP contribution < -0.4 is 0 Å². The van der Waals surface area contributed by atoms with Crippen LogP contribution in [0, 0.1) is 11.8 Å². The molecule has 0 aromatic carbocycles. The van der Waals surface area contributed by atoms with Gasteiger partial charge in [-0.1, -0.05) is 18.9 Å². The molecule has 2 aromatic rings. The second-order valence-electron chi connectivity index (χ2n) is 7.99. The molecule has 1 saturated carbocycles. The number of carbonyl (C=O) groups is 3. The summed E-state index contributed by atoms with van der Waals surface area (Å²) in [5.41, 5.74) is 0.741. The van der Waals surface area contributed by atoms with Crippen LogP contribution in [0.1, 0.15) is 50.4 Å². The molecule has 8 nitrogen and oxygen atoms in total. The number of hydrogen-bond acceptors (Lipinski definition) is 5. The molecule has 1 aliphatic carbocycles. The molecule has 0 spiro atoms. The van der Waals surface area contributed by atoms with E-state index in [2.05, 4.69) is 10.2 Å². The third-order valence-electron chi connectivity index (χ3n) is 6.44. The molecule has 3 aliphatic rings. The van der Waals surface area contributed by atoms with Crippen molar-refractivity contribution in [1.29, 1.82) is 0 Å². The maximum absolute atomic E-state index is 13.1. The van der Waals surface area contributed by atoms with Crippen LogP contribution in [-0.2, 0) is 14.4 Å². The fraction of sp³-hybridized carbons (Fsp3) is 0.550. The van der Waals surface area contributed by atoms with Gasteiger partial charge < -0.3 is 4.90 Å². The molecule has 3 atom stereocenters. The Morgan fingerprint density at radius 3 is 2.50 bits per heavy atom. The highest BCUT2D eigenvalue weighted by Crippen LogP contribution is 2.38. The Morgan fingerprint density at radius 2 is 1.75 bits per heavy atom. The maximum atomic E-state index is 13.1. The minimum atomic E-state index is -0.219. The number of rotatable bonds is 3. The second kappa shape index (κ2) is 6.68. The van der Waals surface area contributed by atoms with Crippen molar-refractivity contribution < 1.29 is 14.4 Å². The SMILES string of the molecule is O=C1[C@H]2CCCC[C@H]2C(=O)N1CC(=O)N1CCC[C@@H]1c1nnc2ccccn12. The fourth-order valence-corrected chi connectivity index (χ4v) is 5.03. The molecular weight excluding hydrogens is 358 g/mol. The number of imide groups is 1. The number of hydrogen-bond donors (Lipinski definition) is 0. The standard InChI is InChI=1S/C20H23N5O3/c26-17(12-25-19(27)13-6-1-2-7-14(13)20(25)28)23-11-5-8-15(23)18-22-21-16-9-3-4-10-24(16)18/h3-4,9-10,13-15H,1-2,5-8,11-12H2/t13-,14+,15-/m1/s1. The average molecular weight is 381 g/mol. The van der Waals surface area contributed by atoms with Crippen molar-refractivity contribution in [2.24, 2.45) is 11.8 Å². The number of aromatic nitrogens is 3. The molecule has 3 amide bonds. The van der Waals surface area contributed by atoms with E-state index < -0.39 is 0 Å². The first-order valence-corrected chi connectivity index (χ1v) is 10.1. The summed E-state index contributed by atoms with van der Waals surface area (Å²) in [4.78, 5) is 41.4. The zero-order valence-corrected chi connectivity index (χ0v) is 15.7. The van der Waals surface area contributed by atoms with Crippen molar-refractivity contribution in [3.8, 4) is 0 Å². The Morgan fingerprint density at radius 1 is 1.00 bits per heavy atom. The minimum Gasteiger partial charge on any atom is -0.331 e. The Balaban J connectivity index is 1.36. The Kier molecular flexibility index (Phi) is 4.14. The van der Waals surface area contributed by atoms with Crippen LogP contribution >= 0.6 is 0 Å². The summed E-state index contributed by atoms with van der Waals surface area (Å²) in [5.74, 6) is -0.212. The van der Waals surface area contributed by atoms with Crippen LogP contribution in [-0.4, -0.2) is 55.2 Å². The number of amides is 3. The van der Waals surface area contributed by atoms with Crippen molar-refractivity contribution in [3.63, 3.8) is 0 Å². The Labute approximate surface area is 162 Å². The molecule has 5 rings (SSSR count). The highest BCUT2D eigenvalue weighted by Gasteiger charge is 2.49. The van der Waals surface area contributed by atoms with E-state index in [0.717, 1.165) is 50.0 Å². The third-order valence-corrected chi connectivity index (χ3v) is 6.44. The summed E-state index contributed by atoms with van der Waals surface area (Å²) in [6.45, 7) is 0.451. The molecule has 28 heavy (non-hydrogen) atoms. The minimum absolute atomic E-state index is 0.155. The van der Waals surface area contributed by atoms with Gasteiger partial charge in [0, 0.05) is 12.7 Å². The first kappa shape index (κ1) is 17.3. The predicted octanol–water partition coefficient (Wildman–Crippen LogP) is 1.57. The molecule has 146 valence electrons.